The largest absolute Gasteiger partial charge is 0.508 e. The molecule has 0 aliphatic rings. The van der Waals surface area contributed by atoms with Gasteiger partial charge in [0.05, 0.1) is 6.42 Å². The lowest BCUT2D eigenvalue weighted by molar-refractivity contribution is -0.142. The average molecular weight is 511 g/mol. The van der Waals surface area contributed by atoms with E-state index in [9.17, 15) is 24.3 Å². The zero-order valence-corrected chi connectivity index (χ0v) is 21.3. The van der Waals surface area contributed by atoms with Crippen molar-refractivity contribution in [2.24, 2.45) is 5.73 Å². The van der Waals surface area contributed by atoms with Crippen LogP contribution in [0.2, 0.25) is 0 Å². The number of carbonyl (C=O) groups is 4. The lowest BCUT2D eigenvalue weighted by Gasteiger charge is -2.33. The second kappa shape index (κ2) is 13.1. The summed E-state index contributed by atoms with van der Waals surface area (Å²) >= 11 is 0. The van der Waals surface area contributed by atoms with Gasteiger partial charge in [0.2, 0.25) is 17.7 Å². The van der Waals surface area contributed by atoms with Crippen LogP contribution in [0.5, 0.6) is 5.75 Å². The third-order valence-electron chi connectivity index (χ3n) is 5.06. The van der Waals surface area contributed by atoms with Crippen molar-refractivity contribution >= 4 is 23.8 Å². The number of ether oxygens (including phenoxy) is 1. The molecule has 37 heavy (non-hydrogen) atoms. The number of hydrogen-bond acceptors (Lipinski definition) is 6. The van der Waals surface area contributed by atoms with E-state index in [0.717, 1.165) is 10.5 Å². The summed E-state index contributed by atoms with van der Waals surface area (Å²) in [4.78, 5) is 52.5. The van der Waals surface area contributed by atoms with Gasteiger partial charge in [0.1, 0.15) is 23.4 Å². The van der Waals surface area contributed by atoms with Gasteiger partial charge in [-0.1, -0.05) is 48.5 Å². The standard InChI is InChI=1S/C27H34N4O6/c1-5-14-31(25(35)21(16-22(28)33)30-26(36)37-27(2,3)4)23(19-12-9-13-20(32)15-19)24(34)29-17-18-10-7-6-8-11-18/h5-13,15,21,23,32H,1,14,16-17H2,2-4H3,(H2,28,33)(H,29,34)(H,30,36). The summed E-state index contributed by atoms with van der Waals surface area (Å²) in [5.41, 5.74) is 5.65. The first-order valence-corrected chi connectivity index (χ1v) is 11.7. The van der Waals surface area contributed by atoms with Crippen molar-refractivity contribution in [3.05, 3.63) is 78.4 Å². The SMILES string of the molecule is C=CCN(C(=O)C(CC(N)=O)NC(=O)OC(C)(C)C)C(C(=O)NCc1ccccc1)c1cccc(O)c1. The van der Waals surface area contributed by atoms with E-state index in [1.807, 2.05) is 30.3 Å². The fraction of sp³-hybridized carbons (Fsp3) is 0.333. The van der Waals surface area contributed by atoms with Crippen LogP contribution in [-0.4, -0.2) is 52.0 Å². The Labute approximate surface area is 216 Å². The molecule has 2 rings (SSSR count). The summed E-state index contributed by atoms with van der Waals surface area (Å²) in [6, 6.07) is 12.5. The minimum atomic E-state index is -1.41. The van der Waals surface area contributed by atoms with E-state index >= 15 is 0 Å². The van der Waals surface area contributed by atoms with Crippen LogP contribution in [0, 0.1) is 0 Å². The first-order valence-electron chi connectivity index (χ1n) is 11.7. The Hall–Kier alpha value is -4.34. The molecule has 2 aromatic carbocycles. The molecule has 10 nitrogen and oxygen atoms in total. The number of carbonyl (C=O) groups excluding carboxylic acids is 4. The van der Waals surface area contributed by atoms with Crippen LogP contribution in [0.15, 0.2) is 67.3 Å². The average Bonchev–Trinajstić information content (AvgIpc) is 2.81. The molecule has 0 spiro atoms. The Bertz CT molecular complexity index is 1110. The molecule has 0 saturated carbocycles. The predicted molar refractivity (Wildman–Crippen MR) is 138 cm³/mol. The van der Waals surface area contributed by atoms with Crippen LogP contribution in [0.4, 0.5) is 4.79 Å². The van der Waals surface area contributed by atoms with Gasteiger partial charge in [0, 0.05) is 13.1 Å². The summed E-state index contributed by atoms with van der Waals surface area (Å²) in [5.74, 6) is -2.24. The Balaban J connectivity index is 2.43. The number of alkyl carbamates (subject to hydrolysis) is 1. The highest BCUT2D eigenvalue weighted by molar-refractivity contribution is 5.94. The lowest BCUT2D eigenvalue weighted by Crippen LogP contribution is -2.54. The van der Waals surface area contributed by atoms with Crippen LogP contribution in [0.25, 0.3) is 0 Å². The number of nitrogens with one attached hydrogen (secondary N) is 2. The quantitative estimate of drug-likeness (QED) is 0.341. The molecule has 198 valence electrons. The maximum Gasteiger partial charge on any atom is 0.408 e. The molecule has 5 N–H and O–H groups in total. The van der Waals surface area contributed by atoms with E-state index in [2.05, 4.69) is 17.2 Å². The first kappa shape index (κ1) is 28.9. The van der Waals surface area contributed by atoms with Crippen LogP contribution in [0.3, 0.4) is 0 Å². The van der Waals surface area contributed by atoms with Crippen molar-refractivity contribution in [3.8, 4) is 5.75 Å². The Morgan fingerprint density at radius 2 is 1.78 bits per heavy atom. The van der Waals surface area contributed by atoms with E-state index in [1.54, 1.807) is 32.9 Å². The van der Waals surface area contributed by atoms with Gasteiger partial charge in [0.25, 0.3) is 0 Å². The minimum Gasteiger partial charge on any atom is -0.508 e. The predicted octanol–water partition coefficient (Wildman–Crippen LogP) is 2.53. The molecular formula is C27H34N4O6. The minimum absolute atomic E-state index is 0.107. The molecule has 2 atom stereocenters. The number of nitrogens with two attached hydrogens (primary N) is 1. The second-order valence-electron chi connectivity index (χ2n) is 9.35. The number of phenols is 1. The number of hydrogen-bond donors (Lipinski definition) is 4. The molecule has 10 heteroatoms. The maximum atomic E-state index is 13.7. The summed E-state index contributed by atoms with van der Waals surface area (Å²) in [6.45, 7) is 8.71. The topological polar surface area (TPSA) is 151 Å². The highest BCUT2D eigenvalue weighted by atomic mass is 16.6. The third kappa shape index (κ3) is 9.32. The van der Waals surface area contributed by atoms with E-state index in [-0.39, 0.29) is 18.8 Å². The Kier molecular flexibility index (Phi) is 10.2. The second-order valence-corrected chi connectivity index (χ2v) is 9.35. The third-order valence-corrected chi connectivity index (χ3v) is 5.06. The Morgan fingerprint density at radius 1 is 1.11 bits per heavy atom. The smallest absolute Gasteiger partial charge is 0.408 e. The summed E-state index contributed by atoms with van der Waals surface area (Å²) in [7, 11) is 0. The highest BCUT2D eigenvalue weighted by Gasteiger charge is 2.36. The van der Waals surface area contributed by atoms with Gasteiger partial charge in [-0.15, -0.1) is 6.58 Å². The molecule has 2 aromatic rings. The van der Waals surface area contributed by atoms with Crippen molar-refractivity contribution in [3.63, 3.8) is 0 Å². The normalized spacial score (nSPS) is 12.5. The number of rotatable bonds is 11. The van der Waals surface area contributed by atoms with Gasteiger partial charge in [-0.25, -0.2) is 4.79 Å². The van der Waals surface area contributed by atoms with Crippen LogP contribution >= 0.6 is 0 Å². The number of primary amides is 1. The van der Waals surface area contributed by atoms with Crippen molar-refractivity contribution in [1.82, 2.24) is 15.5 Å². The van der Waals surface area contributed by atoms with Gasteiger partial charge in [0.15, 0.2) is 0 Å². The van der Waals surface area contributed by atoms with E-state index in [1.165, 1.54) is 18.2 Å². The van der Waals surface area contributed by atoms with Crippen molar-refractivity contribution in [1.29, 1.82) is 0 Å². The highest BCUT2D eigenvalue weighted by Crippen LogP contribution is 2.26. The van der Waals surface area contributed by atoms with E-state index < -0.39 is 47.9 Å². The zero-order valence-electron chi connectivity index (χ0n) is 21.3. The van der Waals surface area contributed by atoms with Crippen LogP contribution < -0.4 is 16.4 Å². The lowest BCUT2D eigenvalue weighted by atomic mass is 10.0. The number of amides is 4. The maximum absolute atomic E-state index is 13.7. The zero-order chi connectivity index (χ0) is 27.6. The van der Waals surface area contributed by atoms with Crippen molar-refractivity contribution in [2.45, 2.75) is 51.4 Å². The summed E-state index contributed by atoms with van der Waals surface area (Å²) < 4.78 is 5.23. The van der Waals surface area contributed by atoms with E-state index in [4.69, 9.17) is 10.5 Å². The molecule has 0 aromatic heterocycles. The van der Waals surface area contributed by atoms with Gasteiger partial charge < -0.3 is 31.1 Å². The fourth-order valence-corrected chi connectivity index (χ4v) is 3.56. The van der Waals surface area contributed by atoms with Gasteiger partial charge in [-0.05, 0) is 44.0 Å². The van der Waals surface area contributed by atoms with Crippen LogP contribution in [0.1, 0.15) is 44.4 Å². The van der Waals surface area contributed by atoms with Crippen LogP contribution in [-0.2, 0) is 25.7 Å². The van der Waals surface area contributed by atoms with E-state index in [0.29, 0.717) is 5.56 Å². The number of phenolic OH excluding ortho intramolecular Hbond substituents is 1. The molecular weight excluding hydrogens is 476 g/mol. The molecule has 0 fully saturated rings. The fourth-order valence-electron chi connectivity index (χ4n) is 3.56. The molecule has 0 bridgehead atoms. The Morgan fingerprint density at radius 3 is 2.35 bits per heavy atom. The first-order chi connectivity index (χ1) is 17.4. The molecule has 0 aliphatic carbocycles. The van der Waals surface area contributed by atoms with Crippen molar-refractivity contribution in [2.75, 3.05) is 6.54 Å². The molecule has 0 aliphatic heterocycles. The molecule has 0 radical (unpaired) electrons. The summed E-state index contributed by atoms with van der Waals surface area (Å²) in [6.07, 6.45) is -0.0371. The van der Waals surface area contributed by atoms with Crippen molar-refractivity contribution < 1.29 is 29.0 Å². The number of benzene rings is 2. The number of nitrogens with zero attached hydrogens (tertiary/aromatic N) is 1. The van der Waals surface area contributed by atoms with Gasteiger partial charge in [-0.2, -0.15) is 0 Å². The van der Waals surface area contributed by atoms with Gasteiger partial charge >= 0.3 is 6.09 Å². The molecule has 4 amide bonds. The summed E-state index contributed by atoms with van der Waals surface area (Å²) in [5, 5.41) is 15.3. The molecule has 0 saturated heterocycles. The monoisotopic (exact) mass is 510 g/mol. The van der Waals surface area contributed by atoms with Gasteiger partial charge in [-0.3, -0.25) is 14.4 Å². The molecule has 0 heterocycles. The number of aromatic hydroxyl groups is 1. The molecule has 2 unspecified atom stereocenters.